The molecule has 1 aliphatic heterocycles. The average Bonchev–Trinajstić information content (AvgIpc) is 2.76. The number of benzene rings is 2. The molecule has 1 aliphatic carbocycles. The number of aliphatic hydroxyl groups is 2. The number of hydrogen-bond donors (Lipinski definition) is 3. The van der Waals surface area contributed by atoms with Crippen LogP contribution in [-0.2, 0) is 11.4 Å². The highest BCUT2D eigenvalue weighted by Crippen LogP contribution is 2.58. The van der Waals surface area contributed by atoms with E-state index >= 15 is 0 Å². The number of ether oxygens (including phenoxy) is 1. The number of nitrogen functional groups attached to an aromatic ring is 1. The Morgan fingerprint density at radius 1 is 1.05 bits per heavy atom. The van der Waals surface area contributed by atoms with Crippen LogP contribution in [0, 0.1) is 0 Å². The lowest BCUT2D eigenvalue weighted by atomic mass is 9.87. The number of carbonyl (C=O) groups excluding carboxylic acids is 1. The average molecular weight is 269 g/mol. The quantitative estimate of drug-likeness (QED) is 0.618. The minimum atomic E-state index is -2.13. The predicted octanol–water partition coefficient (Wildman–Crippen LogP) is 0.890. The molecule has 5 heteroatoms. The molecule has 0 saturated carbocycles. The van der Waals surface area contributed by atoms with E-state index in [1.807, 2.05) is 0 Å². The van der Waals surface area contributed by atoms with E-state index in [4.69, 9.17) is 10.5 Å². The minimum absolute atomic E-state index is 0.220. The molecular weight excluding hydrogens is 258 g/mol. The van der Waals surface area contributed by atoms with Crippen LogP contribution in [0.5, 0.6) is 5.75 Å². The van der Waals surface area contributed by atoms with Crippen LogP contribution in [0.15, 0.2) is 42.5 Å². The maximum Gasteiger partial charge on any atom is 0.276 e. The maximum atomic E-state index is 12.5. The van der Waals surface area contributed by atoms with Crippen LogP contribution in [0.2, 0.25) is 0 Å². The van der Waals surface area contributed by atoms with Crippen LogP contribution >= 0.6 is 0 Å². The van der Waals surface area contributed by atoms with E-state index in [2.05, 4.69) is 0 Å². The molecule has 0 amide bonds. The van der Waals surface area contributed by atoms with Crippen LogP contribution in [-0.4, -0.2) is 16.0 Å². The summed E-state index contributed by atoms with van der Waals surface area (Å²) in [7, 11) is 0. The molecule has 0 spiro atoms. The normalized spacial score (nSPS) is 29.6. The van der Waals surface area contributed by atoms with Crippen LogP contribution in [0.3, 0.4) is 0 Å². The van der Waals surface area contributed by atoms with Crippen molar-refractivity contribution in [2.75, 3.05) is 5.73 Å². The molecule has 2 aliphatic rings. The molecule has 20 heavy (non-hydrogen) atoms. The molecule has 2 aromatic carbocycles. The fourth-order valence-corrected chi connectivity index (χ4v) is 3.04. The van der Waals surface area contributed by atoms with Gasteiger partial charge in [0.05, 0.1) is 0 Å². The summed E-state index contributed by atoms with van der Waals surface area (Å²) in [5.74, 6) is -2.45. The number of anilines is 1. The molecule has 0 fully saturated rings. The topological polar surface area (TPSA) is 92.8 Å². The van der Waals surface area contributed by atoms with E-state index < -0.39 is 17.2 Å². The Bertz CT molecular complexity index is 772. The van der Waals surface area contributed by atoms with Crippen molar-refractivity contribution in [1.82, 2.24) is 0 Å². The number of rotatable bonds is 0. The van der Waals surface area contributed by atoms with Crippen LogP contribution < -0.4 is 10.5 Å². The number of nitrogens with two attached hydrogens (primary N) is 1. The third-order valence-electron chi connectivity index (χ3n) is 4.01. The Kier molecular flexibility index (Phi) is 1.83. The summed E-state index contributed by atoms with van der Waals surface area (Å²) in [6.07, 6.45) is 0. The monoisotopic (exact) mass is 269 g/mol. The Balaban J connectivity index is 2.05. The van der Waals surface area contributed by atoms with Gasteiger partial charge in [-0.3, -0.25) is 4.79 Å². The number of ketones is 1. The van der Waals surface area contributed by atoms with Gasteiger partial charge in [0.2, 0.25) is 11.4 Å². The predicted molar refractivity (Wildman–Crippen MR) is 70.0 cm³/mol. The molecule has 0 bridgehead atoms. The largest absolute Gasteiger partial charge is 0.454 e. The van der Waals surface area contributed by atoms with Crippen molar-refractivity contribution in [2.24, 2.45) is 0 Å². The van der Waals surface area contributed by atoms with Gasteiger partial charge in [-0.1, -0.05) is 24.3 Å². The number of hydrogen-bond acceptors (Lipinski definition) is 5. The van der Waals surface area contributed by atoms with Gasteiger partial charge in [-0.25, -0.2) is 0 Å². The molecule has 0 aromatic heterocycles. The second-order valence-corrected chi connectivity index (χ2v) is 5.09. The van der Waals surface area contributed by atoms with Crippen molar-refractivity contribution in [3.63, 3.8) is 0 Å². The lowest BCUT2D eigenvalue weighted by Crippen LogP contribution is -2.48. The SMILES string of the molecule is Nc1ccc2c(c1)O[C@@]1(O)c3ccccc3C(=O)[C@@]21O. The second-order valence-electron chi connectivity index (χ2n) is 5.09. The van der Waals surface area contributed by atoms with Crippen molar-refractivity contribution >= 4 is 11.5 Å². The van der Waals surface area contributed by atoms with Crippen molar-refractivity contribution in [2.45, 2.75) is 11.4 Å². The van der Waals surface area contributed by atoms with Gasteiger partial charge in [-0.05, 0) is 12.1 Å². The zero-order valence-electron chi connectivity index (χ0n) is 10.3. The summed E-state index contributed by atoms with van der Waals surface area (Å²) < 4.78 is 5.50. The fraction of sp³-hybridized carbons (Fsp3) is 0.133. The van der Waals surface area contributed by atoms with Gasteiger partial charge in [-0.2, -0.15) is 0 Å². The summed E-state index contributed by atoms with van der Waals surface area (Å²) >= 11 is 0. The highest BCUT2D eigenvalue weighted by atomic mass is 16.7. The standard InChI is InChI=1S/C15H11NO4/c16-8-5-6-11-12(7-8)20-15(19)10-4-2-1-3-9(10)13(17)14(11,15)18/h1-7,18-19H,16H2/t14-,15-/m0/s1. The fourth-order valence-electron chi connectivity index (χ4n) is 3.04. The Labute approximate surface area is 114 Å². The minimum Gasteiger partial charge on any atom is -0.454 e. The third kappa shape index (κ3) is 1.01. The van der Waals surface area contributed by atoms with E-state index in [1.165, 1.54) is 12.1 Å². The van der Waals surface area contributed by atoms with E-state index in [9.17, 15) is 15.0 Å². The summed E-state index contributed by atoms with van der Waals surface area (Å²) in [6, 6.07) is 11.0. The molecule has 2 aromatic rings. The van der Waals surface area contributed by atoms with E-state index in [0.29, 0.717) is 5.69 Å². The van der Waals surface area contributed by atoms with Gasteiger partial charge in [0, 0.05) is 28.4 Å². The van der Waals surface area contributed by atoms with Gasteiger partial charge in [0.15, 0.2) is 0 Å². The van der Waals surface area contributed by atoms with Crippen molar-refractivity contribution in [1.29, 1.82) is 0 Å². The maximum absolute atomic E-state index is 12.5. The van der Waals surface area contributed by atoms with Gasteiger partial charge < -0.3 is 20.7 Å². The van der Waals surface area contributed by atoms with Crippen LogP contribution in [0.4, 0.5) is 5.69 Å². The van der Waals surface area contributed by atoms with Gasteiger partial charge in [0.25, 0.3) is 5.79 Å². The third-order valence-corrected chi connectivity index (χ3v) is 4.01. The molecule has 0 radical (unpaired) electrons. The summed E-state index contributed by atoms with van der Waals surface area (Å²) in [5.41, 5.74) is 4.73. The number of Topliss-reactive ketones (excluding diaryl/α,β-unsaturated/α-hetero) is 1. The first kappa shape index (κ1) is 11.5. The lowest BCUT2D eigenvalue weighted by molar-refractivity contribution is -0.224. The molecule has 1 heterocycles. The smallest absolute Gasteiger partial charge is 0.276 e. The molecule has 4 N–H and O–H groups in total. The van der Waals surface area contributed by atoms with Gasteiger partial charge >= 0.3 is 0 Å². The highest BCUT2D eigenvalue weighted by Gasteiger charge is 2.70. The number of carbonyl (C=O) groups is 1. The summed E-state index contributed by atoms with van der Waals surface area (Å²) in [6.45, 7) is 0. The lowest BCUT2D eigenvalue weighted by Gasteiger charge is -2.28. The molecule has 0 unspecified atom stereocenters. The van der Waals surface area contributed by atoms with Crippen LogP contribution in [0.1, 0.15) is 21.5 Å². The summed E-state index contributed by atoms with van der Waals surface area (Å²) in [5, 5.41) is 21.6. The highest BCUT2D eigenvalue weighted by molar-refractivity contribution is 6.09. The molecule has 0 saturated heterocycles. The van der Waals surface area contributed by atoms with E-state index in [0.717, 1.165) is 0 Å². The summed E-state index contributed by atoms with van der Waals surface area (Å²) in [4.78, 5) is 12.5. The first-order valence-corrected chi connectivity index (χ1v) is 6.16. The van der Waals surface area contributed by atoms with Crippen LogP contribution in [0.25, 0.3) is 0 Å². The Morgan fingerprint density at radius 3 is 2.60 bits per heavy atom. The molecule has 4 rings (SSSR count). The molecular formula is C15H11NO4. The van der Waals surface area contributed by atoms with Gasteiger partial charge in [-0.15, -0.1) is 0 Å². The molecule has 100 valence electrons. The first-order chi connectivity index (χ1) is 9.48. The van der Waals surface area contributed by atoms with Crippen molar-refractivity contribution < 1.29 is 19.7 Å². The second kappa shape index (κ2) is 3.20. The Morgan fingerprint density at radius 2 is 1.80 bits per heavy atom. The van der Waals surface area contributed by atoms with E-state index in [-0.39, 0.29) is 22.4 Å². The van der Waals surface area contributed by atoms with Crippen molar-refractivity contribution in [3.8, 4) is 5.75 Å². The zero-order valence-corrected chi connectivity index (χ0v) is 10.3. The number of fused-ring (bicyclic) bond motifs is 5. The Hall–Kier alpha value is -2.37. The van der Waals surface area contributed by atoms with Crippen molar-refractivity contribution in [3.05, 3.63) is 59.2 Å². The van der Waals surface area contributed by atoms with E-state index in [1.54, 1.807) is 30.3 Å². The molecule has 2 atom stereocenters. The van der Waals surface area contributed by atoms with Gasteiger partial charge in [0.1, 0.15) is 5.75 Å². The molecule has 5 nitrogen and oxygen atoms in total. The zero-order chi connectivity index (χ0) is 14.1. The first-order valence-electron chi connectivity index (χ1n) is 6.16.